The van der Waals surface area contributed by atoms with Gasteiger partial charge in [0.05, 0.1) is 17.4 Å². The molecule has 0 saturated heterocycles. The van der Waals surface area contributed by atoms with Crippen LogP contribution in [-0.2, 0) is 16.9 Å². The average Bonchev–Trinajstić information content (AvgIpc) is 3.68. The Hall–Kier alpha value is -3.73. The summed E-state index contributed by atoms with van der Waals surface area (Å²) in [5.41, 5.74) is 5.23. The van der Waals surface area contributed by atoms with E-state index in [0.717, 1.165) is 40.3 Å². The second-order valence-corrected chi connectivity index (χ2v) is 14.4. The summed E-state index contributed by atoms with van der Waals surface area (Å²) in [7, 11) is -0.757. The minimum absolute atomic E-state index is 0.278. The molecular formula is C36H47Cl2F2N5O2S. The van der Waals surface area contributed by atoms with Crippen molar-refractivity contribution in [3.63, 3.8) is 0 Å². The van der Waals surface area contributed by atoms with E-state index in [4.69, 9.17) is 23.2 Å². The summed E-state index contributed by atoms with van der Waals surface area (Å²) < 4.78 is 45.4. The Morgan fingerprint density at radius 1 is 0.750 bits per heavy atom. The average molecular weight is 723 g/mol. The van der Waals surface area contributed by atoms with Crippen molar-refractivity contribution in [3.05, 3.63) is 142 Å². The van der Waals surface area contributed by atoms with Gasteiger partial charge in [0.1, 0.15) is 21.5 Å². The van der Waals surface area contributed by atoms with Crippen molar-refractivity contribution in [2.24, 2.45) is 13.0 Å². The Morgan fingerprint density at radius 2 is 1.31 bits per heavy atom. The molecule has 48 heavy (non-hydrogen) atoms. The molecule has 0 radical (unpaired) electrons. The van der Waals surface area contributed by atoms with E-state index in [1.165, 1.54) is 48.4 Å². The lowest BCUT2D eigenvalue weighted by Crippen LogP contribution is -1.86. The first-order valence-electron chi connectivity index (χ1n) is 14.9. The van der Waals surface area contributed by atoms with Gasteiger partial charge in [-0.05, 0) is 111 Å². The van der Waals surface area contributed by atoms with Gasteiger partial charge < -0.3 is 0 Å². The van der Waals surface area contributed by atoms with Gasteiger partial charge in [0.2, 0.25) is 0 Å². The fourth-order valence-electron chi connectivity index (χ4n) is 2.72. The maximum Gasteiger partial charge on any atom is 0.144 e. The van der Waals surface area contributed by atoms with Crippen LogP contribution >= 0.6 is 23.2 Å². The highest BCUT2D eigenvalue weighted by Gasteiger charge is 2.12. The number of benzene rings is 1. The molecule has 0 amide bonds. The number of rotatable bonds is 0. The van der Waals surface area contributed by atoms with Crippen molar-refractivity contribution in [2.75, 3.05) is 12.5 Å². The van der Waals surface area contributed by atoms with E-state index in [2.05, 4.69) is 27.0 Å². The van der Waals surface area contributed by atoms with Gasteiger partial charge in [0, 0.05) is 61.3 Å². The summed E-state index contributed by atoms with van der Waals surface area (Å²) in [6.45, 7) is 11.9. The molecule has 6 rings (SSSR count). The highest BCUT2D eigenvalue weighted by atomic mass is 35.5. The van der Waals surface area contributed by atoms with Crippen LogP contribution in [0.5, 0.6) is 0 Å². The molecule has 1 saturated carbocycles. The Labute approximate surface area is 295 Å². The molecule has 0 unspecified atom stereocenters. The third-order valence-electron chi connectivity index (χ3n) is 5.40. The van der Waals surface area contributed by atoms with E-state index in [-0.39, 0.29) is 11.6 Å². The fourth-order valence-corrected chi connectivity index (χ4v) is 3.12. The summed E-state index contributed by atoms with van der Waals surface area (Å²) in [5, 5.41) is 5.11. The minimum atomic E-state index is -2.67. The summed E-state index contributed by atoms with van der Waals surface area (Å²) in [6.07, 6.45) is 17.2. The third kappa shape index (κ3) is 29.7. The van der Waals surface area contributed by atoms with Crippen molar-refractivity contribution in [3.8, 4) is 0 Å². The molecule has 12 heteroatoms. The molecule has 1 fully saturated rings. The quantitative estimate of drug-likeness (QED) is 0.158. The lowest BCUT2D eigenvalue weighted by molar-refractivity contribution is 0.607. The monoisotopic (exact) mass is 721 g/mol. The van der Waals surface area contributed by atoms with Crippen LogP contribution in [0.1, 0.15) is 47.7 Å². The highest BCUT2D eigenvalue weighted by Crippen LogP contribution is 2.26. The van der Waals surface area contributed by atoms with Gasteiger partial charge in [-0.15, -0.1) is 0 Å². The van der Waals surface area contributed by atoms with E-state index in [1.807, 2.05) is 65.3 Å². The predicted molar refractivity (Wildman–Crippen MR) is 195 cm³/mol. The number of nitrogens with zero attached hydrogens (tertiary/aromatic N) is 5. The van der Waals surface area contributed by atoms with Crippen molar-refractivity contribution in [1.29, 1.82) is 0 Å². The molecule has 1 aromatic carbocycles. The number of sulfone groups is 1. The topological polar surface area (TPSA) is 90.6 Å². The molecule has 1 aliphatic carbocycles. The van der Waals surface area contributed by atoms with Gasteiger partial charge in [-0.1, -0.05) is 43.0 Å². The number of halogens is 4. The van der Waals surface area contributed by atoms with Crippen LogP contribution in [0.15, 0.2) is 91.9 Å². The molecule has 4 aromatic heterocycles. The Bertz CT molecular complexity index is 1570. The largest absolute Gasteiger partial charge is 0.276 e. The Kier molecular flexibility index (Phi) is 22.5. The minimum Gasteiger partial charge on any atom is -0.276 e. The zero-order valence-corrected chi connectivity index (χ0v) is 31.5. The van der Waals surface area contributed by atoms with E-state index in [9.17, 15) is 17.2 Å². The first kappa shape index (κ1) is 44.3. The number of aryl methyl sites for hydroxylation is 6. The molecule has 0 atom stereocenters. The van der Waals surface area contributed by atoms with Gasteiger partial charge in [-0.3, -0.25) is 19.6 Å². The first-order chi connectivity index (χ1) is 22.3. The highest BCUT2D eigenvalue weighted by molar-refractivity contribution is 7.89. The van der Waals surface area contributed by atoms with Gasteiger partial charge >= 0.3 is 0 Å². The van der Waals surface area contributed by atoms with Gasteiger partial charge in [-0.25, -0.2) is 17.2 Å². The van der Waals surface area contributed by atoms with Crippen LogP contribution in [0.3, 0.4) is 0 Å². The van der Waals surface area contributed by atoms with E-state index in [1.54, 1.807) is 48.5 Å². The smallest absolute Gasteiger partial charge is 0.144 e. The van der Waals surface area contributed by atoms with Crippen LogP contribution < -0.4 is 0 Å². The van der Waals surface area contributed by atoms with Crippen LogP contribution in [0.25, 0.3) is 0 Å². The van der Waals surface area contributed by atoms with Gasteiger partial charge in [0.15, 0.2) is 0 Å². The molecule has 4 heterocycles. The predicted octanol–water partition coefficient (Wildman–Crippen LogP) is 9.56. The molecule has 1 aliphatic rings. The van der Waals surface area contributed by atoms with Crippen LogP contribution in [0.2, 0.25) is 10.0 Å². The van der Waals surface area contributed by atoms with Crippen LogP contribution in [0, 0.1) is 52.2 Å². The normalized spacial score (nSPS) is 10.9. The summed E-state index contributed by atoms with van der Waals surface area (Å²) in [4.78, 5) is 11.4. The van der Waals surface area contributed by atoms with Gasteiger partial charge in [0.25, 0.3) is 0 Å². The number of pyridine rings is 3. The van der Waals surface area contributed by atoms with E-state index >= 15 is 0 Å². The zero-order chi connectivity index (χ0) is 36.7. The molecule has 262 valence electrons. The Balaban J connectivity index is 0.000000543. The van der Waals surface area contributed by atoms with E-state index in [0.29, 0.717) is 5.02 Å². The van der Waals surface area contributed by atoms with Gasteiger partial charge in [-0.2, -0.15) is 5.10 Å². The molecule has 5 aromatic rings. The summed E-state index contributed by atoms with van der Waals surface area (Å²) in [6, 6.07) is 13.3. The van der Waals surface area contributed by atoms with Crippen molar-refractivity contribution < 1.29 is 17.2 Å². The summed E-state index contributed by atoms with van der Waals surface area (Å²) in [5.74, 6) is 0.524. The number of hydrogen-bond donors (Lipinski definition) is 0. The number of aromatic nitrogens is 5. The number of hydrogen-bond acceptors (Lipinski definition) is 6. The second-order valence-electron chi connectivity index (χ2n) is 11.2. The SMILES string of the molecule is CC1CC1.CS(C)(=O)=O.Cc1cc(F)cc(Cl)c1.Cc1ccc(F)cn1.Cc1ccncc1.Cc1ccncc1Cl.Cc1cnn(C)c1. The second kappa shape index (κ2) is 24.4. The van der Waals surface area contributed by atoms with Crippen molar-refractivity contribution in [1.82, 2.24) is 24.7 Å². The first-order valence-corrected chi connectivity index (χ1v) is 17.9. The molecule has 0 N–H and O–H groups in total. The van der Waals surface area contributed by atoms with Crippen molar-refractivity contribution in [2.45, 2.75) is 54.4 Å². The van der Waals surface area contributed by atoms with Crippen LogP contribution in [0.4, 0.5) is 8.78 Å². The zero-order valence-electron chi connectivity index (χ0n) is 29.1. The lowest BCUT2D eigenvalue weighted by atomic mass is 10.2. The molecule has 7 nitrogen and oxygen atoms in total. The summed E-state index contributed by atoms with van der Waals surface area (Å²) >= 11 is 11.2. The van der Waals surface area contributed by atoms with Crippen molar-refractivity contribution >= 4 is 33.0 Å². The van der Waals surface area contributed by atoms with E-state index < -0.39 is 9.84 Å². The lowest BCUT2D eigenvalue weighted by Gasteiger charge is -1.92. The third-order valence-corrected chi connectivity index (χ3v) is 6.02. The molecule has 0 aliphatic heterocycles. The molecule has 0 spiro atoms. The maximum absolute atomic E-state index is 12.3. The fraction of sp³-hybridized carbons (Fsp3) is 0.333. The van der Waals surface area contributed by atoms with Crippen LogP contribution in [-0.4, -0.2) is 45.7 Å². The standard InChI is InChI=1S/C7H6ClF.C6H6ClN.C6H6FN.C6H7N.C5H8N2.C4H8.C2H6O2S/c1-5-2-6(8)4-7(9)3-5;1-5-2-3-8-4-6(5)7;1-5-2-3-6(7)4-8-5;1-6-2-4-7-5-3-6;1-5-3-6-7(2)4-5;1-4-2-3-4;1-5(2,3)4/h2-4H,1H3;2*2-4H,1H3;2-5H,1H3;3-4H,1-2H3;4H,2-3H2,1H3;1-2H3. The maximum atomic E-state index is 12.3. The molecule has 0 bridgehead atoms. The Morgan fingerprint density at radius 3 is 1.58 bits per heavy atom. The molecular weight excluding hydrogens is 675 g/mol.